The number of nitrogens with one attached hydrogen (secondary N) is 1. The Morgan fingerprint density at radius 1 is 1.37 bits per heavy atom. The van der Waals surface area contributed by atoms with Gasteiger partial charge in [-0.25, -0.2) is 4.98 Å². The molecule has 1 aliphatic heterocycles. The Morgan fingerprint density at radius 2 is 2.21 bits per heavy atom. The molecule has 1 fully saturated rings. The first-order valence-corrected chi connectivity index (χ1v) is 7.32. The molecule has 7 heteroatoms. The SMILES string of the molecule is Cc1nc(C)c(-c2nc(N3CCCC(N)C3)n[nH]2)s1. The van der Waals surface area contributed by atoms with Gasteiger partial charge in [0, 0.05) is 19.1 Å². The van der Waals surface area contributed by atoms with E-state index in [1.54, 1.807) is 11.3 Å². The molecular weight excluding hydrogens is 260 g/mol. The fourth-order valence-electron chi connectivity index (χ4n) is 2.44. The molecule has 3 heterocycles. The fourth-order valence-corrected chi connectivity index (χ4v) is 3.30. The maximum atomic E-state index is 5.99. The van der Waals surface area contributed by atoms with E-state index in [2.05, 4.69) is 25.1 Å². The van der Waals surface area contributed by atoms with Crippen LogP contribution in [0, 0.1) is 13.8 Å². The normalized spacial score (nSPS) is 19.9. The topological polar surface area (TPSA) is 83.7 Å². The molecule has 0 saturated carbocycles. The van der Waals surface area contributed by atoms with Gasteiger partial charge in [0.1, 0.15) is 0 Å². The van der Waals surface area contributed by atoms with Crippen LogP contribution in [-0.2, 0) is 0 Å². The van der Waals surface area contributed by atoms with Crippen molar-refractivity contribution in [3.8, 4) is 10.7 Å². The molecule has 0 aliphatic carbocycles. The molecule has 1 saturated heterocycles. The molecule has 19 heavy (non-hydrogen) atoms. The number of nitrogens with zero attached hydrogens (tertiary/aromatic N) is 4. The molecule has 2 aromatic rings. The van der Waals surface area contributed by atoms with E-state index >= 15 is 0 Å². The van der Waals surface area contributed by atoms with Crippen molar-refractivity contribution in [2.24, 2.45) is 5.73 Å². The smallest absolute Gasteiger partial charge is 0.245 e. The van der Waals surface area contributed by atoms with Crippen molar-refractivity contribution in [1.29, 1.82) is 0 Å². The number of aromatic amines is 1. The largest absolute Gasteiger partial charge is 0.338 e. The summed E-state index contributed by atoms with van der Waals surface area (Å²) >= 11 is 1.64. The Labute approximate surface area is 116 Å². The molecule has 2 aromatic heterocycles. The van der Waals surface area contributed by atoms with Crippen molar-refractivity contribution in [3.63, 3.8) is 0 Å². The summed E-state index contributed by atoms with van der Waals surface area (Å²) in [4.78, 5) is 12.2. The third-order valence-corrected chi connectivity index (χ3v) is 4.41. The number of thiazole rings is 1. The molecule has 1 atom stereocenters. The minimum Gasteiger partial charge on any atom is -0.338 e. The summed E-state index contributed by atoms with van der Waals surface area (Å²) in [5, 5.41) is 8.38. The van der Waals surface area contributed by atoms with Gasteiger partial charge in [-0.3, -0.25) is 5.10 Å². The molecule has 1 aliphatic rings. The number of anilines is 1. The molecule has 0 radical (unpaired) electrons. The number of aromatic nitrogens is 4. The van der Waals surface area contributed by atoms with Crippen LogP contribution < -0.4 is 10.6 Å². The van der Waals surface area contributed by atoms with Crippen LogP contribution in [-0.4, -0.2) is 39.3 Å². The molecule has 102 valence electrons. The van der Waals surface area contributed by atoms with Crippen LogP contribution in [0.25, 0.3) is 10.7 Å². The van der Waals surface area contributed by atoms with Gasteiger partial charge in [-0.15, -0.1) is 16.4 Å². The van der Waals surface area contributed by atoms with Gasteiger partial charge >= 0.3 is 0 Å². The first kappa shape index (κ1) is 12.6. The summed E-state index contributed by atoms with van der Waals surface area (Å²) in [6.45, 7) is 5.81. The van der Waals surface area contributed by atoms with Gasteiger partial charge in [-0.05, 0) is 26.7 Å². The van der Waals surface area contributed by atoms with Crippen LogP contribution in [0.3, 0.4) is 0 Å². The molecule has 1 unspecified atom stereocenters. The maximum absolute atomic E-state index is 5.99. The van der Waals surface area contributed by atoms with Crippen LogP contribution in [0.1, 0.15) is 23.5 Å². The van der Waals surface area contributed by atoms with Crippen molar-refractivity contribution < 1.29 is 0 Å². The predicted octanol–water partition coefficient (Wildman–Crippen LogP) is 1.47. The first-order valence-electron chi connectivity index (χ1n) is 6.51. The fraction of sp³-hybridized carbons (Fsp3) is 0.583. The number of piperidine rings is 1. The quantitative estimate of drug-likeness (QED) is 0.869. The van der Waals surface area contributed by atoms with Crippen LogP contribution in [0.15, 0.2) is 0 Å². The number of hydrogen-bond acceptors (Lipinski definition) is 6. The van der Waals surface area contributed by atoms with E-state index in [0.29, 0.717) is 0 Å². The van der Waals surface area contributed by atoms with E-state index in [1.807, 2.05) is 13.8 Å². The lowest BCUT2D eigenvalue weighted by Crippen LogP contribution is -2.43. The van der Waals surface area contributed by atoms with Crippen molar-refractivity contribution >= 4 is 17.3 Å². The highest BCUT2D eigenvalue weighted by Gasteiger charge is 2.21. The maximum Gasteiger partial charge on any atom is 0.245 e. The molecule has 3 rings (SSSR count). The van der Waals surface area contributed by atoms with E-state index in [0.717, 1.165) is 53.3 Å². The number of H-pyrrole nitrogens is 1. The summed E-state index contributed by atoms with van der Waals surface area (Å²) in [5.74, 6) is 1.55. The Hall–Kier alpha value is -1.47. The van der Waals surface area contributed by atoms with Crippen molar-refractivity contribution in [3.05, 3.63) is 10.7 Å². The van der Waals surface area contributed by atoms with E-state index < -0.39 is 0 Å². The van der Waals surface area contributed by atoms with Gasteiger partial charge in [-0.2, -0.15) is 4.98 Å². The molecular formula is C12H18N6S. The standard InChI is InChI=1S/C12H18N6S/c1-7-10(19-8(2)14-7)11-15-12(17-16-11)18-5-3-4-9(13)6-18/h9H,3-6,13H2,1-2H3,(H,15,16,17). The molecule has 0 amide bonds. The second kappa shape index (κ2) is 4.90. The second-order valence-electron chi connectivity index (χ2n) is 4.98. The zero-order valence-electron chi connectivity index (χ0n) is 11.2. The van der Waals surface area contributed by atoms with Gasteiger partial charge < -0.3 is 10.6 Å². The van der Waals surface area contributed by atoms with Crippen molar-refractivity contribution in [2.75, 3.05) is 18.0 Å². The summed E-state index contributed by atoms with van der Waals surface area (Å²) in [6.07, 6.45) is 2.19. The highest BCUT2D eigenvalue weighted by molar-refractivity contribution is 7.15. The number of rotatable bonds is 2. The number of aryl methyl sites for hydroxylation is 2. The highest BCUT2D eigenvalue weighted by atomic mass is 32.1. The summed E-state index contributed by atoms with van der Waals surface area (Å²) in [7, 11) is 0. The zero-order chi connectivity index (χ0) is 13.4. The Bertz CT molecular complexity index is 575. The molecule has 0 spiro atoms. The Balaban J connectivity index is 1.85. The van der Waals surface area contributed by atoms with Crippen LogP contribution in [0.5, 0.6) is 0 Å². The van der Waals surface area contributed by atoms with Crippen molar-refractivity contribution in [1.82, 2.24) is 20.2 Å². The Morgan fingerprint density at radius 3 is 2.89 bits per heavy atom. The summed E-state index contributed by atoms with van der Waals surface area (Å²) < 4.78 is 0. The van der Waals surface area contributed by atoms with Gasteiger partial charge in [0.25, 0.3) is 0 Å². The lowest BCUT2D eigenvalue weighted by molar-refractivity contribution is 0.500. The number of nitrogens with two attached hydrogens (primary N) is 1. The minimum atomic E-state index is 0.225. The molecule has 6 nitrogen and oxygen atoms in total. The van der Waals surface area contributed by atoms with E-state index in [9.17, 15) is 0 Å². The molecule has 3 N–H and O–H groups in total. The predicted molar refractivity (Wildman–Crippen MR) is 76.4 cm³/mol. The summed E-state index contributed by atoms with van der Waals surface area (Å²) in [5.41, 5.74) is 6.99. The first-order chi connectivity index (χ1) is 9.13. The minimum absolute atomic E-state index is 0.225. The third-order valence-electron chi connectivity index (χ3n) is 3.33. The average molecular weight is 278 g/mol. The lowest BCUT2D eigenvalue weighted by atomic mass is 10.1. The average Bonchev–Trinajstić information content (AvgIpc) is 2.96. The van der Waals surface area contributed by atoms with Crippen LogP contribution in [0.4, 0.5) is 5.95 Å². The Kier molecular flexibility index (Phi) is 3.24. The van der Waals surface area contributed by atoms with Crippen molar-refractivity contribution in [2.45, 2.75) is 32.7 Å². The van der Waals surface area contributed by atoms with Crippen LogP contribution >= 0.6 is 11.3 Å². The third kappa shape index (κ3) is 2.48. The zero-order valence-corrected chi connectivity index (χ0v) is 12.0. The lowest BCUT2D eigenvalue weighted by Gasteiger charge is -2.29. The van der Waals surface area contributed by atoms with Gasteiger partial charge in [0.05, 0.1) is 15.6 Å². The molecule has 0 aromatic carbocycles. The molecule has 0 bridgehead atoms. The van der Waals surface area contributed by atoms with E-state index in [1.165, 1.54) is 0 Å². The van der Waals surface area contributed by atoms with E-state index in [-0.39, 0.29) is 6.04 Å². The number of hydrogen-bond donors (Lipinski definition) is 2. The van der Waals surface area contributed by atoms with Gasteiger partial charge in [0.15, 0.2) is 5.82 Å². The second-order valence-corrected chi connectivity index (χ2v) is 6.18. The summed E-state index contributed by atoms with van der Waals surface area (Å²) in [6, 6.07) is 0.225. The monoisotopic (exact) mass is 278 g/mol. The van der Waals surface area contributed by atoms with Crippen LogP contribution in [0.2, 0.25) is 0 Å². The highest BCUT2D eigenvalue weighted by Crippen LogP contribution is 2.28. The van der Waals surface area contributed by atoms with Gasteiger partial charge in [-0.1, -0.05) is 0 Å². The van der Waals surface area contributed by atoms with E-state index in [4.69, 9.17) is 5.73 Å². The van der Waals surface area contributed by atoms with Gasteiger partial charge in [0.2, 0.25) is 5.95 Å².